The Balaban J connectivity index is 1.77. The molecule has 0 N–H and O–H groups in total. The number of nitrogens with zero attached hydrogens (tertiary/aromatic N) is 1. The number of benzene rings is 1. The molecular formula is C17H22ClNO3S. The van der Waals surface area contributed by atoms with E-state index >= 15 is 0 Å². The Morgan fingerprint density at radius 1 is 1.26 bits per heavy atom. The molecule has 4 nitrogen and oxygen atoms in total. The molecule has 1 heterocycles. The van der Waals surface area contributed by atoms with E-state index in [4.69, 9.17) is 16.3 Å². The van der Waals surface area contributed by atoms with Crippen molar-refractivity contribution < 1.29 is 14.3 Å². The highest BCUT2D eigenvalue weighted by atomic mass is 35.5. The number of esters is 1. The zero-order valence-electron chi connectivity index (χ0n) is 13.5. The monoisotopic (exact) mass is 355 g/mol. The van der Waals surface area contributed by atoms with Crippen molar-refractivity contribution in [2.45, 2.75) is 50.1 Å². The van der Waals surface area contributed by atoms with Crippen LogP contribution in [0.1, 0.15) is 33.1 Å². The molecule has 1 aliphatic heterocycles. The van der Waals surface area contributed by atoms with Crippen LogP contribution in [0.25, 0.3) is 0 Å². The molecule has 1 fully saturated rings. The number of carbonyl (C=O) groups is 2. The van der Waals surface area contributed by atoms with Gasteiger partial charge in [-0.1, -0.05) is 23.7 Å². The third kappa shape index (κ3) is 5.15. The number of hydrogen-bond acceptors (Lipinski definition) is 4. The second-order valence-electron chi connectivity index (χ2n) is 5.81. The Hall–Kier alpha value is -1.20. The summed E-state index contributed by atoms with van der Waals surface area (Å²) in [5.74, 6) is -0.372. The van der Waals surface area contributed by atoms with Gasteiger partial charge < -0.3 is 9.64 Å². The van der Waals surface area contributed by atoms with Crippen LogP contribution in [0.2, 0.25) is 5.02 Å². The summed E-state index contributed by atoms with van der Waals surface area (Å²) in [5.41, 5.74) is 0. The van der Waals surface area contributed by atoms with Gasteiger partial charge in [0.1, 0.15) is 0 Å². The Bertz CT molecular complexity index is 557. The van der Waals surface area contributed by atoms with E-state index in [0.717, 1.165) is 24.2 Å². The number of hydrogen-bond donors (Lipinski definition) is 0. The largest absolute Gasteiger partial charge is 0.455 e. The molecule has 1 saturated heterocycles. The smallest absolute Gasteiger partial charge is 0.316 e. The van der Waals surface area contributed by atoms with Crippen LogP contribution < -0.4 is 0 Å². The first kappa shape index (κ1) is 18.1. The van der Waals surface area contributed by atoms with Crippen molar-refractivity contribution in [1.29, 1.82) is 0 Å². The fourth-order valence-electron chi connectivity index (χ4n) is 2.87. The van der Waals surface area contributed by atoms with Gasteiger partial charge in [0.25, 0.3) is 5.91 Å². The molecule has 0 spiro atoms. The maximum absolute atomic E-state index is 12.3. The Morgan fingerprint density at radius 2 is 1.91 bits per heavy atom. The highest BCUT2D eigenvalue weighted by Gasteiger charge is 2.29. The fraction of sp³-hybridized carbons (Fsp3) is 0.529. The average molecular weight is 356 g/mol. The summed E-state index contributed by atoms with van der Waals surface area (Å²) in [6.07, 6.45) is 3.15. The molecule has 0 bridgehead atoms. The number of ether oxygens (including phenoxy) is 1. The van der Waals surface area contributed by atoms with Gasteiger partial charge in [-0.25, -0.2) is 0 Å². The number of thioether (sulfide) groups is 1. The molecule has 0 aromatic heterocycles. The van der Waals surface area contributed by atoms with Crippen LogP contribution in [-0.4, -0.2) is 41.2 Å². The summed E-state index contributed by atoms with van der Waals surface area (Å²) < 4.78 is 5.12. The number of amides is 1. The Labute approximate surface area is 146 Å². The first-order valence-electron chi connectivity index (χ1n) is 7.83. The highest BCUT2D eigenvalue weighted by molar-refractivity contribution is 8.00. The van der Waals surface area contributed by atoms with Crippen LogP contribution >= 0.6 is 23.4 Å². The Kier molecular flexibility index (Phi) is 6.78. The summed E-state index contributed by atoms with van der Waals surface area (Å²) in [6.45, 7) is 3.90. The summed E-state index contributed by atoms with van der Waals surface area (Å²) in [4.78, 5) is 26.8. The van der Waals surface area contributed by atoms with Gasteiger partial charge in [-0.3, -0.25) is 9.59 Å². The van der Waals surface area contributed by atoms with Gasteiger partial charge in [-0.15, -0.1) is 11.8 Å². The van der Waals surface area contributed by atoms with Gasteiger partial charge in [0.05, 0.1) is 10.8 Å². The summed E-state index contributed by atoms with van der Waals surface area (Å²) in [6, 6.07) is 7.75. The predicted molar refractivity (Wildman–Crippen MR) is 92.8 cm³/mol. The predicted octanol–water partition coefficient (Wildman–Crippen LogP) is 3.76. The standard InChI is InChI=1S/C17H22ClNO3S/c1-12-6-5-7-13(2)19(12)16(20)10-22-17(21)11-23-15-9-4-3-8-14(15)18/h3-4,8-9,12-13H,5-7,10-11H2,1-2H3. The lowest BCUT2D eigenvalue weighted by Crippen LogP contribution is -2.49. The third-order valence-corrected chi connectivity index (χ3v) is 5.51. The number of carbonyl (C=O) groups excluding carboxylic acids is 2. The molecule has 2 rings (SSSR count). The number of halogens is 1. The molecule has 0 radical (unpaired) electrons. The van der Waals surface area contributed by atoms with E-state index in [-0.39, 0.29) is 30.4 Å². The van der Waals surface area contributed by atoms with E-state index in [1.807, 2.05) is 36.9 Å². The van der Waals surface area contributed by atoms with Crippen LogP contribution in [0.4, 0.5) is 0 Å². The van der Waals surface area contributed by atoms with Gasteiger partial charge >= 0.3 is 5.97 Å². The minimum absolute atomic E-state index is 0.110. The van der Waals surface area contributed by atoms with E-state index < -0.39 is 5.97 Å². The molecule has 2 unspecified atom stereocenters. The van der Waals surface area contributed by atoms with Crippen molar-refractivity contribution >= 4 is 35.2 Å². The second kappa shape index (κ2) is 8.60. The molecule has 1 aromatic rings. The second-order valence-corrected chi connectivity index (χ2v) is 7.23. The average Bonchev–Trinajstić information content (AvgIpc) is 2.52. The van der Waals surface area contributed by atoms with Crippen molar-refractivity contribution in [2.75, 3.05) is 12.4 Å². The van der Waals surface area contributed by atoms with Crippen molar-refractivity contribution in [3.8, 4) is 0 Å². The zero-order valence-corrected chi connectivity index (χ0v) is 15.0. The molecule has 126 valence electrons. The van der Waals surface area contributed by atoms with Gasteiger partial charge in [0, 0.05) is 17.0 Å². The number of likely N-dealkylation sites (tertiary alicyclic amines) is 1. The van der Waals surface area contributed by atoms with Gasteiger partial charge in [0.2, 0.25) is 0 Å². The molecule has 1 amide bonds. The van der Waals surface area contributed by atoms with Crippen molar-refractivity contribution in [3.63, 3.8) is 0 Å². The summed E-state index contributed by atoms with van der Waals surface area (Å²) >= 11 is 7.35. The van der Waals surface area contributed by atoms with E-state index in [1.165, 1.54) is 11.8 Å². The first-order chi connectivity index (χ1) is 11.0. The normalized spacial score (nSPS) is 21.1. The third-order valence-electron chi connectivity index (χ3n) is 4.02. The van der Waals surface area contributed by atoms with E-state index in [1.54, 1.807) is 6.07 Å². The molecule has 6 heteroatoms. The first-order valence-corrected chi connectivity index (χ1v) is 9.19. The van der Waals surface area contributed by atoms with E-state index in [0.29, 0.717) is 5.02 Å². The van der Waals surface area contributed by atoms with Crippen molar-refractivity contribution in [3.05, 3.63) is 29.3 Å². The van der Waals surface area contributed by atoms with Crippen LogP contribution in [0.3, 0.4) is 0 Å². The molecule has 2 atom stereocenters. The van der Waals surface area contributed by atoms with Gasteiger partial charge in [0.15, 0.2) is 6.61 Å². The number of rotatable bonds is 5. The maximum Gasteiger partial charge on any atom is 0.316 e. The quantitative estimate of drug-likeness (QED) is 0.596. The molecule has 23 heavy (non-hydrogen) atoms. The van der Waals surface area contributed by atoms with Gasteiger partial charge in [-0.2, -0.15) is 0 Å². The lowest BCUT2D eigenvalue weighted by Gasteiger charge is -2.38. The molecule has 0 saturated carbocycles. The lowest BCUT2D eigenvalue weighted by molar-refractivity contribution is -0.153. The van der Waals surface area contributed by atoms with Crippen LogP contribution in [-0.2, 0) is 14.3 Å². The lowest BCUT2D eigenvalue weighted by atomic mass is 9.97. The Morgan fingerprint density at radius 3 is 2.57 bits per heavy atom. The minimum atomic E-state index is -0.402. The minimum Gasteiger partial charge on any atom is -0.455 e. The van der Waals surface area contributed by atoms with Crippen molar-refractivity contribution in [1.82, 2.24) is 4.90 Å². The topological polar surface area (TPSA) is 46.6 Å². The van der Waals surface area contributed by atoms with Crippen LogP contribution in [0.5, 0.6) is 0 Å². The van der Waals surface area contributed by atoms with E-state index in [9.17, 15) is 9.59 Å². The van der Waals surface area contributed by atoms with Crippen LogP contribution in [0.15, 0.2) is 29.2 Å². The molecule has 1 aliphatic rings. The maximum atomic E-state index is 12.3. The molecular weight excluding hydrogens is 334 g/mol. The fourth-order valence-corrected chi connectivity index (χ4v) is 3.91. The summed E-state index contributed by atoms with van der Waals surface area (Å²) in [7, 11) is 0. The van der Waals surface area contributed by atoms with Crippen molar-refractivity contribution in [2.24, 2.45) is 0 Å². The SMILES string of the molecule is CC1CCCC(C)N1C(=O)COC(=O)CSc1ccccc1Cl. The number of piperidine rings is 1. The zero-order chi connectivity index (χ0) is 16.8. The molecule has 0 aliphatic carbocycles. The van der Waals surface area contributed by atoms with E-state index in [2.05, 4.69) is 0 Å². The summed E-state index contributed by atoms with van der Waals surface area (Å²) in [5, 5.41) is 0.609. The van der Waals surface area contributed by atoms with Gasteiger partial charge in [-0.05, 0) is 45.2 Å². The van der Waals surface area contributed by atoms with Crippen LogP contribution in [0, 0.1) is 0 Å². The molecule has 1 aromatic carbocycles. The highest BCUT2D eigenvalue weighted by Crippen LogP contribution is 2.26.